The Labute approximate surface area is 243 Å². The van der Waals surface area contributed by atoms with E-state index in [-0.39, 0.29) is 11.4 Å². The Bertz CT molecular complexity index is 1660. The zero-order chi connectivity index (χ0) is 27.5. The Hall–Kier alpha value is -4.19. The molecule has 1 aromatic heterocycles. The summed E-state index contributed by atoms with van der Waals surface area (Å²) in [5.41, 5.74) is 8.13. The predicted molar refractivity (Wildman–Crippen MR) is 169 cm³/mol. The fourth-order valence-electron chi connectivity index (χ4n) is 4.91. The lowest BCUT2D eigenvalue weighted by Gasteiger charge is -2.15. The molecule has 6 rings (SSSR count). The number of nitrogens with one attached hydrogen (secondary N) is 2. The summed E-state index contributed by atoms with van der Waals surface area (Å²) in [4.78, 5) is 13.8. The Balaban J connectivity index is 1.45. The lowest BCUT2D eigenvalue weighted by Crippen LogP contribution is -2.30. The molecule has 0 unspecified atom stereocenters. The molecule has 0 bridgehead atoms. The summed E-state index contributed by atoms with van der Waals surface area (Å²) in [6.45, 7) is 2.14. The lowest BCUT2D eigenvalue weighted by atomic mass is 10.1. The van der Waals surface area contributed by atoms with Crippen molar-refractivity contribution in [2.45, 2.75) is 18.8 Å². The van der Waals surface area contributed by atoms with Crippen LogP contribution in [-0.4, -0.2) is 16.0 Å². The molecule has 1 aliphatic rings. The fraction of sp³-hybridized carbons (Fsp3) is 0.0882. The number of anilines is 1. The van der Waals surface area contributed by atoms with Gasteiger partial charge in [0.2, 0.25) is 0 Å². The van der Waals surface area contributed by atoms with E-state index in [1.54, 1.807) is 0 Å². The Morgan fingerprint density at radius 2 is 1.52 bits per heavy atom. The van der Waals surface area contributed by atoms with Gasteiger partial charge in [-0.1, -0.05) is 103 Å². The highest BCUT2D eigenvalue weighted by atomic mass is 35.5. The fourth-order valence-corrected chi connectivity index (χ4v) is 6.01. The maximum atomic E-state index is 13.1. The van der Waals surface area contributed by atoms with Gasteiger partial charge < -0.3 is 15.2 Å². The number of aromatic nitrogens is 1. The van der Waals surface area contributed by atoms with E-state index in [0.717, 1.165) is 45.9 Å². The number of halogens is 1. The number of hydrogen-bond acceptors (Lipinski definition) is 3. The number of rotatable bonds is 7. The minimum absolute atomic E-state index is 0.0906. The van der Waals surface area contributed by atoms with Gasteiger partial charge in [-0.3, -0.25) is 4.79 Å². The molecule has 198 valence electrons. The topological polar surface area (TPSA) is 46.1 Å². The van der Waals surface area contributed by atoms with Crippen molar-refractivity contribution in [3.63, 3.8) is 0 Å². The first-order valence-electron chi connectivity index (χ1n) is 13.3. The first-order chi connectivity index (χ1) is 19.6. The van der Waals surface area contributed by atoms with Crippen LogP contribution >= 0.6 is 23.4 Å². The standard InChI is InChI=1S/C34H28ClN3OS/c1-2-23-13-17-28(18-14-23)36-34-37-33(39)31(40-34)22-26-21-30(24-9-5-3-6-10-24)38(29-19-15-27(35)16-20-29)32(26)25-11-7-4-8-12-25/h3-22,34,36H,2H2,1H3,(H,37,39)/b31-22+/t34-/m1/s1. The van der Waals surface area contributed by atoms with Crippen molar-refractivity contribution in [1.82, 2.24) is 9.88 Å². The lowest BCUT2D eigenvalue weighted by molar-refractivity contribution is -0.116. The second-order valence-electron chi connectivity index (χ2n) is 9.55. The van der Waals surface area contributed by atoms with Crippen LogP contribution in [0, 0.1) is 0 Å². The third-order valence-electron chi connectivity index (χ3n) is 6.91. The number of amides is 1. The highest BCUT2D eigenvalue weighted by Gasteiger charge is 2.28. The molecule has 1 saturated heterocycles. The molecule has 0 radical (unpaired) electrons. The summed E-state index contributed by atoms with van der Waals surface area (Å²) >= 11 is 7.76. The SMILES string of the molecule is CCc1ccc(N[C@@H]2NC(=O)/C(=C\c3cc(-c4ccccc4)n(-c4ccc(Cl)cc4)c3-c3ccccc3)S2)cc1. The monoisotopic (exact) mass is 561 g/mol. The van der Waals surface area contributed by atoms with Crippen molar-refractivity contribution in [1.29, 1.82) is 0 Å². The van der Waals surface area contributed by atoms with Gasteiger partial charge in [0.1, 0.15) is 0 Å². The minimum atomic E-state index is -0.252. The molecule has 1 atom stereocenters. The van der Waals surface area contributed by atoms with E-state index in [9.17, 15) is 4.79 Å². The summed E-state index contributed by atoms with van der Waals surface area (Å²) < 4.78 is 2.25. The highest BCUT2D eigenvalue weighted by molar-refractivity contribution is 8.05. The van der Waals surface area contributed by atoms with Crippen LogP contribution in [0.15, 0.2) is 120 Å². The van der Waals surface area contributed by atoms with Gasteiger partial charge in [-0.25, -0.2) is 0 Å². The van der Waals surface area contributed by atoms with E-state index in [4.69, 9.17) is 11.6 Å². The first-order valence-corrected chi connectivity index (χ1v) is 14.5. The molecule has 5 aromatic rings. The quantitative estimate of drug-likeness (QED) is 0.195. The summed E-state index contributed by atoms with van der Waals surface area (Å²) in [7, 11) is 0. The molecule has 1 fully saturated rings. The van der Waals surface area contributed by atoms with Crippen LogP contribution in [0.2, 0.25) is 5.02 Å². The van der Waals surface area contributed by atoms with E-state index in [2.05, 4.69) is 76.7 Å². The van der Waals surface area contributed by atoms with Crippen LogP contribution in [0.25, 0.3) is 34.3 Å². The van der Waals surface area contributed by atoms with Gasteiger partial charge in [-0.2, -0.15) is 0 Å². The van der Waals surface area contributed by atoms with Crippen molar-refractivity contribution in [3.05, 3.63) is 136 Å². The van der Waals surface area contributed by atoms with Gasteiger partial charge in [0, 0.05) is 22.0 Å². The second kappa shape index (κ2) is 11.5. The summed E-state index contributed by atoms with van der Waals surface area (Å²) in [5.74, 6) is -0.0906. The molecule has 4 aromatic carbocycles. The molecule has 0 saturated carbocycles. The number of carbonyl (C=O) groups excluding carboxylic acids is 1. The van der Waals surface area contributed by atoms with E-state index >= 15 is 0 Å². The molecule has 2 N–H and O–H groups in total. The normalized spacial score (nSPS) is 15.8. The van der Waals surface area contributed by atoms with Crippen molar-refractivity contribution in [2.75, 3.05) is 5.32 Å². The third kappa shape index (κ3) is 5.44. The Morgan fingerprint density at radius 3 is 2.17 bits per heavy atom. The predicted octanol–water partition coefficient (Wildman–Crippen LogP) is 8.63. The average molecular weight is 562 g/mol. The van der Waals surface area contributed by atoms with Gasteiger partial charge in [0.25, 0.3) is 5.91 Å². The molecule has 40 heavy (non-hydrogen) atoms. The number of nitrogens with zero attached hydrogens (tertiary/aromatic N) is 1. The van der Waals surface area contributed by atoms with Crippen LogP contribution in [-0.2, 0) is 11.2 Å². The molecular weight excluding hydrogens is 534 g/mol. The Morgan fingerprint density at radius 1 is 0.875 bits per heavy atom. The van der Waals surface area contributed by atoms with Gasteiger partial charge >= 0.3 is 0 Å². The number of thioether (sulfide) groups is 1. The van der Waals surface area contributed by atoms with Crippen molar-refractivity contribution < 1.29 is 4.79 Å². The van der Waals surface area contributed by atoms with Crippen LogP contribution in [0.3, 0.4) is 0 Å². The van der Waals surface area contributed by atoms with E-state index in [1.165, 1.54) is 17.3 Å². The van der Waals surface area contributed by atoms with Crippen LogP contribution < -0.4 is 10.6 Å². The maximum absolute atomic E-state index is 13.1. The number of benzene rings is 4. The third-order valence-corrected chi connectivity index (χ3v) is 8.19. The molecule has 0 spiro atoms. The number of carbonyl (C=O) groups is 1. The molecule has 6 heteroatoms. The van der Waals surface area contributed by atoms with Crippen molar-refractivity contribution in [2.24, 2.45) is 0 Å². The molecule has 1 aliphatic heterocycles. The van der Waals surface area contributed by atoms with Gasteiger partial charge in [-0.15, -0.1) is 0 Å². The van der Waals surface area contributed by atoms with Gasteiger partial charge in [-0.05, 0) is 71.7 Å². The summed E-state index contributed by atoms with van der Waals surface area (Å²) in [6.07, 6.45) is 3.00. The summed E-state index contributed by atoms with van der Waals surface area (Å²) in [5, 5.41) is 7.19. The minimum Gasteiger partial charge on any atom is -0.357 e. The summed E-state index contributed by atoms with van der Waals surface area (Å²) in [6, 6.07) is 38.9. The van der Waals surface area contributed by atoms with Crippen molar-refractivity contribution >= 4 is 41.0 Å². The van der Waals surface area contributed by atoms with Crippen LogP contribution in [0.1, 0.15) is 18.1 Å². The molecule has 2 heterocycles. The Kier molecular flexibility index (Phi) is 7.49. The van der Waals surface area contributed by atoms with Gasteiger partial charge in [0.15, 0.2) is 5.50 Å². The molecule has 1 amide bonds. The smallest absolute Gasteiger partial charge is 0.260 e. The molecule has 0 aliphatic carbocycles. The molecule has 4 nitrogen and oxygen atoms in total. The zero-order valence-corrected chi connectivity index (χ0v) is 23.5. The zero-order valence-electron chi connectivity index (χ0n) is 22.0. The first kappa shape index (κ1) is 26.1. The number of aryl methyl sites for hydroxylation is 1. The van der Waals surface area contributed by atoms with Crippen molar-refractivity contribution in [3.8, 4) is 28.2 Å². The van der Waals surface area contributed by atoms with E-state index < -0.39 is 0 Å². The second-order valence-corrected chi connectivity index (χ2v) is 11.1. The van der Waals surface area contributed by atoms with Crippen LogP contribution in [0.4, 0.5) is 5.69 Å². The molecular formula is C34H28ClN3OS. The highest BCUT2D eigenvalue weighted by Crippen LogP contribution is 2.39. The van der Waals surface area contributed by atoms with Crippen LogP contribution in [0.5, 0.6) is 0 Å². The van der Waals surface area contributed by atoms with Gasteiger partial charge in [0.05, 0.1) is 16.3 Å². The maximum Gasteiger partial charge on any atom is 0.260 e. The number of hydrogen-bond donors (Lipinski definition) is 2. The average Bonchev–Trinajstić information content (AvgIpc) is 3.54. The van der Waals surface area contributed by atoms with E-state index in [0.29, 0.717) is 9.93 Å². The van der Waals surface area contributed by atoms with E-state index in [1.807, 2.05) is 66.7 Å². The largest absolute Gasteiger partial charge is 0.357 e.